The van der Waals surface area contributed by atoms with Gasteiger partial charge in [-0.3, -0.25) is 0 Å². The summed E-state index contributed by atoms with van der Waals surface area (Å²) < 4.78 is 16.2. The van der Waals surface area contributed by atoms with Gasteiger partial charge in [0, 0.05) is 12.4 Å². The molecule has 1 aliphatic carbocycles. The van der Waals surface area contributed by atoms with Crippen molar-refractivity contribution in [3.63, 3.8) is 0 Å². The van der Waals surface area contributed by atoms with Gasteiger partial charge in [-0.2, -0.15) is 0 Å². The molecule has 0 saturated heterocycles. The minimum atomic E-state index is -1.12. The minimum Gasteiger partial charge on any atom is -0.242 e. The van der Waals surface area contributed by atoms with Crippen molar-refractivity contribution in [1.82, 2.24) is 14.7 Å². The van der Waals surface area contributed by atoms with Crippen molar-refractivity contribution in [1.29, 1.82) is 0 Å². The molecule has 1 saturated carbocycles. The Labute approximate surface area is 125 Å². The second-order valence-corrected chi connectivity index (χ2v) is 9.19. The van der Waals surface area contributed by atoms with Crippen LogP contribution in [0.5, 0.6) is 0 Å². The normalized spacial score (nSPS) is 28.8. The Morgan fingerprint density at radius 2 is 1.89 bits per heavy atom. The Hall–Kier alpha value is -0.330. The Morgan fingerprint density at radius 3 is 2.32 bits per heavy atom. The standard InChI is InChI=1S/C13H20BrN3OS/c1-9-5-13(6-9,17-19(18)12(2,3)4)11-15-7-10(14)8-16-11/h7-9,17H,5-6H2,1-4H3. The first-order valence-corrected chi connectivity index (χ1v) is 8.35. The molecule has 1 fully saturated rings. The molecule has 2 rings (SSSR count). The lowest BCUT2D eigenvalue weighted by Gasteiger charge is -2.46. The van der Waals surface area contributed by atoms with Crippen LogP contribution in [0.1, 0.15) is 46.4 Å². The molecule has 1 aromatic rings. The highest BCUT2D eigenvalue weighted by molar-refractivity contribution is 9.10. The third-order valence-electron chi connectivity index (χ3n) is 3.29. The SMILES string of the molecule is CC1CC(NS(=O)C(C)(C)C)(c2ncc(Br)cn2)C1. The monoisotopic (exact) mass is 345 g/mol. The van der Waals surface area contributed by atoms with E-state index >= 15 is 0 Å². The topological polar surface area (TPSA) is 54.9 Å². The van der Waals surface area contributed by atoms with Crippen molar-refractivity contribution in [2.75, 3.05) is 0 Å². The molecule has 6 heteroatoms. The summed E-state index contributed by atoms with van der Waals surface area (Å²) in [5.41, 5.74) is -0.335. The molecule has 1 aromatic heterocycles. The number of nitrogens with zero attached hydrogens (tertiary/aromatic N) is 2. The lowest BCUT2D eigenvalue weighted by atomic mass is 9.69. The predicted molar refractivity (Wildman–Crippen MR) is 80.8 cm³/mol. The van der Waals surface area contributed by atoms with E-state index in [-0.39, 0.29) is 10.3 Å². The summed E-state index contributed by atoms with van der Waals surface area (Å²) in [4.78, 5) is 8.77. The van der Waals surface area contributed by atoms with Gasteiger partial charge < -0.3 is 0 Å². The number of hydrogen-bond donors (Lipinski definition) is 1. The number of aromatic nitrogens is 2. The van der Waals surface area contributed by atoms with Gasteiger partial charge in [0.1, 0.15) is 5.82 Å². The largest absolute Gasteiger partial charge is 0.242 e. The fourth-order valence-electron chi connectivity index (χ4n) is 2.33. The Morgan fingerprint density at radius 1 is 1.37 bits per heavy atom. The lowest BCUT2D eigenvalue weighted by molar-refractivity contribution is 0.134. The fourth-order valence-corrected chi connectivity index (χ4v) is 3.46. The Kier molecular flexibility index (Phi) is 4.14. The molecule has 1 heterocycles. The fraction of sp³-hybridized carbons (Fsp3) is 0.692. The highest BCUT2D eigenvalue weighted by atomic mass is 79.9. The van der Waals surface area contributed by atoms with E-state index in [9.17, 15) is 4.21 Å². The molecular weight excluding hydrogens is 326 g/mol. The van der Waals surface area contributed by atoms with Crippen molar-refractivity contribution >= 4 is 26.9 Å². The van der Waals surface area contributed by atoms with Crippen LogP contribution in [-0.4, -0.2) is 18.9 Å². The number of rotatable bonds is 3. The quantitative estimate of drug-likeness (QED) is 0.916. The van der Waals surface area contributed by atoms with Crippen LogP contribution in [0.3, 0.4) is 0 Å². The number of halogens is 1. The molecule has 0 radical (unpaired) electrons. The number of hydrogen-bond acceptors (Lipinski definition) is 3. The molecule has 0 amide bonds. The van der Waals surface area contributed by atoms with Gasteiger partial charge in [0.05, 0.1) is 25.7 Å². The van der Waals surface area contributed by atoms with Gasteiger partial charge >= 0.3 is 0 Å². The summed E-state index contributed by atoms with van der Waals surface area (Å²) in [5, 5.41) is 0. The zero-order valence-electron chi connectivity index (χ0n) is 11.7. The van der Waals surface area contributed by atoms with E-state index in [1.165, 1.54) is 0 Å². The van der Waals surface area contributed by atoms with Gasteiger partial charge in [-0.05, 0) is 55.5 Å². The van der Waals surface area contributed by atoms with Crippen LogP contribution >= 0.6 is 15.9 Å². The average Bonchev–Trinajstić information content (AvgIpc) is 2.26. The Balaban J connectivity index is 2.24. The molecule has 1 aliphatic rings. The van der Waals surface area contributed by atoms with Gasteiger partial charge in [-0.25, -0.2) is 18.9 Å². The third-order valence-corrected chi connectivity index (χ3v) is 5.38. The van der Waals surface area contributed by atoms with Crippen LogP contribution in [0, 0.1) is 5.92 Å². The number of nitrogens with one attached hydrogen (secondary N) is 1. The molecule has 0 aliphatic heterocycles. The van der Waals surface area contributed by atoms with E-state index in [2.05, 4.69) is 37.5 Å². The maximum atomic E-state index is 12.4. The highest BCUT2D eigenvalue weighted by Crippen LogP contribution is 2.44. The van der Waals surface area contributed by atoms with Crippen molar-refractivity contribution < 1.29 is 4.21 Å². The smallest absolute Gasteiger partial charge is 0.149 e. The molecule has 19 heavy (non-hydrogen) atoms. The maximum Gasteiger partial charge on any atom is 0.149 e. The zero-order chi connectivity index (χ0) is 14.3. The lowest BCUT2D eigenvalue weighted by Crippen LogP contribution is -2.56. The second-order valence-electron chi connectivity index (χ2n) is 6.30. The molecule has 4 nitrogen and oxygen atoms in total. The summed E-state index contributed by atoms with van der Waals surface area (Å²) in [6.07, 6.45) is 5.34. The molecule has 1 atom stereocenters. The zero-order valence-corrected chi connectivity index (χ0v) is 14.1. The third kappa shape index (κ3) is 3.23. The highest BCUT2D eigenvalue weighted by Gasteiger charge is 2.48. The minimum absolute atomic E-state index is 0.290. The first-order chi connectivity index (χ1) is 8.73. The van der Waals surface area contributed by atoms with E-state index in [0.29, 0.717) is 5.92 Å². The molecule has 0 aromatic carbocycles. The van der Waals surface area contributed by atoms with Gasteiger partial charge in [0.15, 0.2) is 0 Å². The van der Waals surface area contributed by atoms with E-state index in [1.54, 1.807) is 12.4 Å². The van der Waals surface area contributed by atoms with Gasteiger partial charge in [-0.15, -0.1) is 0 Å². The van der Waals surface area contributed by atoms with E-state index in [0.717, 1.165) is 23.1 Å². The van der Waals surface area contributed by atoms with E-state index in [4.69, 9.17) is 0 Å². The summed E-state index contributed by atoms with van der Waals surface area (Å²) in [6, 6.07) is 0. The summed E-state index contributed by atoms with van der Waals surface area (Å²) >= 11 is 3.34. The molecule has 0 bridgehead atoms. The summed E-state index contributed by atoms with van der Waals surface area (Å²) in [5.74, 6) is 1.35. The van der Waals surface area contributed by atoms with Crippen LogP contribution in [0.4, 0.5) is 0 Å². The summed E-state index contributed by atoms with van der Waals surface area (Å²) in [6.45, 7) is 8.09. The molecule has 1 N–H and O–H groups in total. The van der Waals surface area contributed by atoms with Crippen LogP contribution in [0.2, 0.25) is 0 Å². The maximum absolute atomic E-state index is 12.4. The summed E-state index contributed by atoms with van der Waals surface area (Å²) in [7, 11) is -1.12. The first-order valence-electron chi connectivity index (χ1n) is 6.41. The molecule has 1 unspecified atom stereocenters. The molecule has 0 spiro atoms. The van der Waals surface area contributed by atoms with Crippen LogP contribution in [0.25, 0.3) is 0 Å². The van der Waals surface area contributed by atoms with Crippen LogP contribution in [-0.2, 0) is 16.5 Å². The van der Waals surface area contributed by atoms with E-state index in [1.807, 2.05) is 20.8 Å². The van der Waals surface area contributed by atoms with Crippen molar-refractivity contribution in [3.05, 3.63) is 22.7 Å². The van der Waals surface area contributed by atoms with Crippen molar-refractivity contribution in [2.45, 2.75) is 50.8 Å². The Bertz CT molecular complexity index is 478. The van der Waals surface area contributed by atoms with Crippen molar-refractivity contribution in [3.8, 4) is 0 Å². The van der Waals surface area contributed by atoms with Crippen LogP contribution < -0.4 is 4.72 Å². The van der Waals surface area contributed by atoms with Gasteiger partial charge in [0.2, 0.25) is 0 Å². The van der Waals surface area contributed by atoms with Crippen molar-refractivity contribution in [2.24, 2.45) is 5.92 Å². The van der Waals surface area contributed by atoms with E-state index < -0.39 is 11.0 Å². The van der Waals surface area contributed by atoms with Crippen LogP contribution in [0.15, 0.2) is 16.9 Å². The predicted octanol–water partition coefficient (Wildman–Crippen LogP) is 2.92. The average molecular weight is 346 g/mol. The second kappa shape index (κ2) is 5.22. The molecule has 106 valence electrons. The van der Waals surface area contributed by atoms with Gasteiger partial charge in [-0.1, -0.05) is 6.92 Å². The molecular formula is C13H20BrN3OS. The van der Waals surface area contributed by atoms with Gasteiger partial charge in [0.25, 0.3) is 0 Å². The first kappa shape index (κ1) is 15.1.